The molecular formula is C18H28O2Sn. The molecule has 1 fully saturated rings. The van der Waals surface area contributed by atoms with Gasteiger partial charge in [-0.1, -0.05) is 6.07 Å². The van der Waals surface area contributed by atoms with Gasteiger partial charge in [0.05, 0.1) is 0 Å². The van der Waals surface area contributed by atoms with Crippen molar-refractivity contribution in [2.24, 2.45) is 0 Å². The quantitative estimate of drug-likeness (QED) is 0.282. The second-order valence-electron chi connectivity index (χ2n) is 7.00. The zero-order chi connectivity index (χ0) is 15.1. The van der Waals surface area contributed by atoms with Crippen molar-refractivity contribution in [2.75, 3.05) is 6.79 Å². The predicted octanol–water partition coefficient (Wildman–Crippen LogP) is 5.30. The van der Waals surface area contributed by atoms with Crippen LogP contribution in [0.5, 0.6) is 0 Å². The van der Waals surface area contributed by atoms with Crippen LogP contribution in [0.25, 0.3) is 6.08 Å². The van der Waals surface area contributed by atoms with Gasteiger partial charge in [0.2, 0.25) is 0 Å². The number of hydrogen-bond donors (Lipinski definition) is 0. The molecule has 21 heavy (non-hydrogen) atoms. The normalized spacial score (nSPS) is 23.4. The van der Waals surface area contributed by atoms with Crippen LogP contribution < -0.4 is 0 Å². The van der Waals surface area contributed by atoms with E-state index in [0.717, 1.165) is 9.50 Å². The Balaban J connectivity index is 1.61. The van der Waals surface area contributed by atoms with Crippen molar-refractivity contribution in [1.29, 1.82) is 0 Å². The maximum absolute atomic E-state index is 5.83. The second-order valence-corrected chi connectivity index (χ2v) is 22.8. The summed E-state index contributed by atoms with van der Waals surface area (Å²) in [5.41, 5.74) is 1.15. The first-order valence-corrected chi connectivity index (χ1v) is 18.2. The van der Waals surface area contributed by atoms with Gasteiger partial charge in [-0.25, -0.2) is 0 Å². The van der Waals surface area contributed by atoms with E-state index in [-0.39, 0.29) is 0 Å². The SMILES string of the molecule is [CH3][Sn]([CH3])([CH3])[CH]1CCC(OCO/C=C/c2ccccc2)CC1. The van der Waals surface area contributed by atoms with Crippen molar-refractivity contribution < 1.29 is 9.47 Å². The summed E-state index contributed by atoms with van der Waals surface area (Å²) in [5, 5.41) is 0. The van der Waals surface area contributed by atoms with Crippen LogP contribution in [-0.4, -0.2) is 31.3 Å². The van der Waals surface area contributed by atoms with Gasteiger partial charge in [-0.05, 0) is 0 Å². The molecule has 3 heteroatoms. The molecule has 0 bridgehead atoms. The summed E-state index contributed by atoms with van der Waals surface area (Å²) < 4.78 is 12.3. The van der Waals surface area contributed by atoms with Gasteiger partial charge in [0.1, 0.15) is 0 Å². The average molecular weight is 395 g/mol. The van der Waals surface area contributed by atoms with Crippen molar-refractivity contribution in [2.45, 2.75) is 50.5 Å². The van der Waals surface area contributed by atoms with Gasteiger partial charge in [0, 0.05) is 0 Å². The van der Waals surface area contributed by atoms with E-state index in [1.807, 2.05) is 24.3 Å². The third kappa shape index (κ3) is 6.03. The molecule has 0 unspecified atom stereocenters. The van der Waals surface area contributed by atoms with Gasteiger partial charge in [-0.3, -0.25) is 0 Å². The third-order valence-corrected chi connectivity index (χ3v) is 13.1. The van der Waals surface area contributed by atoms with Crippen LogP contribution in [-0.2, 0) is 9.47 Å². The van der Waals surface area contributed by atoms with Crippen LogP contribution in [0, 0.1) is 0 Å². The van der Waals surface area contributed by atoms with Crippen LogP contribution in [0.3, 0.4) is 0 Å². The zero-order valence-electron chi connectivity index (χ0n) is 13.5. The van der Waals surface area contributed by atoms with Gasteiger partial charge >= 0.3 is 127 Å². The van der Waals surface area contributed by atoms with Gasteiger partial charge in [0.15, 0.2) is 0 Å². The van der Waals surface area contributed by atoms with Crippen LogP contribution in [0.2, 0.25) is 18.8 Å². The minimum atomic E-state index is -1.68. The molecule has 0 atom stereocenters. The molecule has 0 aliphatic heterocycles. The summed E-state index contributed by atoms with van der Waals surface area (Å²) in [6.45, 7) is 0.372. The van der Waals surface area contributed by atoms with E-state index in [2.05, 4.69) is 27.0 Å². The van der Waals surface area contributed by atoms with E-state index in [1.165, 1.54) is 25.7 Å². The molecule has 1 aliphatic rings. The third-order valence-electron chi connectivity index (χ3n) is 4.43. The number of hydrogen-bond acceptors (Lipinski definition) is 2. The Bertz CT molecular complexity index is 428. The van der Waals surface area contributed by atoms with Crippen molar-refractivity contribution in [1.82, 2.24) is 0 Å². The minimum absolute atomic E-state index is 0.372. The molecule has 1 saturated carbocycles. The van der Waals surface area contributed by atoms with Crippen molar-refractivity contribution in [3.8, 4) is 0 Å². The van der Waals surface area contributed by atoms with Crippen molar-refractivity contribution in [3.05, 3.63) is 42.2 Å². The summed E-state index contributed by atoms with van der Waals surface area (Å²) in [6.07, 6.45) is 9.25. The summed E-state index contributed by atoms with van der Waals surface area (Å²) in [7, 11) is 0. The van der Waals surface area contributed by atoms with Crippen LogP contribution in [0.1, 0.15) is 31.2 Å². The van der Waals surface area contributed by atoms with E-state index in [1.54, 1.807) is 6.26 Å². The summed E-state index contributed by atoms with van der Waals surface area (Å²) in [6, 6.07) is 10.2. The Hall–Kier alpha value is -0.481. The van der Waals surface area contributed by atoms with Crippen LogP contribution in [0.4, 0.5) is 0 Å². The molecule has 2 rings (SSSR count). The molecule has 116 valence electrons. The second kappa shape index (κ2) is 8.23. The molecule has 0 aromatic heterocycles. The Kier molecular flexibility index (Phi) is 6.62. The van der Waals surface area contributed by atoms with E-state index in [9.17, 15) is 0 Å². The van der Waals surface area contributed by atoms with Gasteiger partial charge in [0.25, 0.3) is 0 Å². The Morgan fingerprint density at radius 1 is 1.05 bits per heavy atom. The molecule has 2 nitrogen and oxygen atoms in total. The monoisotopic (exact) mass is 396 g/mol. The summed E-state index contributed by atoms with van der Waals surface area (Å²) in [4.78, 5) is 7.66. The Morgan fingerprint density at radius 2 is 1.71 bits per heavy atom. The summed E-state index contributed by atoms with van der Waals surface area (Å²) in [5.74, 6) is 0. The molecule has 0 saturated heterocycles. The van der Waals surface area contributed by atoms with Crippen LogP contribution in [0.15, 0.2) is 36.6 Å². The van der Waals surface area contributed by atoms with Crippen molar-refractivity contribution in [3.63, 3.8) is 0 Å². The first-order valence-electron chi connectivity index (χ1n) is 8.00. The van der Waals surface area contributed by atoms with Gasteiger partial charge in [-0.2, -0.15) is 0 Å². The standard InChI is InChI=1S/C15H19O2.3CH3.Sn/c1-3-7-14(8-4-1)11-12-16-13-17-15-9-5-2-6-10-15;;;;/h1-4,7-8,11-12,15H,5-6,9-10,13H2;3*1H3;/b12-11+;;;;. The fourth-order valence-corrected chi connectivity index (χ4v) is 8.86. The fraction of sp³-hybridized carbons (Fsp3) is 0.556. The number of benzene rings is 1. The van der Waals surface area contributed by atoms with E-state index in [4.69, 9.17) is 9.47 Å². The molecular weight excluding hydrogens is 367 g/mol. The molecule has 1 aromatic carbocycles. The number of ether oxygens (including phenoxy) is 2. The first kappa shape index (κ1) is 16.9. The molecule has 0 N–H and O–H groups in total. The van der Waals surface area contributed by atoms with Gasteiger partial charge in [-0.15, -0.1) is 0 Å². The average Bonchev–Trinajstić information content (AvgIpc) is 2.47. The molecule has 0 radical (unpaired) electrons. The first-order chi connectivity index (χ1) is 10.1. The Morgan fingerprint density at radius 3 is 2.33 bits per heavy atom. The molecule has 1 aromatic rings. The van der Waals surface area contributed by atoms with E-state index < -0.39 is 18.4 Å². The van der Waals surface area contributed by atoms with Crippen LogP contribution >= 0.6 is 0 Å². The van der Waals surface area contributed by atoms with E-state index >= 15 is 0 Å². The van der Waals surface area contributed by atoms with Crippen molar-refractivity contribution >= 4 is 24.5 Å². The molecule has 1 aliphatic carbocycles. The fourth-order valence-electron chi connectivity index (χ4n) is 2.96. The number of rotatable bonds is 6. The molecule has 0 amide bonds. The van der Waals surface area contributed by atoms with E-state index in [0.29, 0.717) is 12.9 Å². The topological polar surface area (TPSA) is 18.5 Å². The zero-order valence-corrected chi connectivity index (χ0v) is 16.4. The maximum atomic E-state index is 5.83. The predicted molar refractivity (Wildman–Crippen MR) is 91.9 cm³/mol. The summed E-state index contributed by atoms with van der Waals surface area (Å²) >= 11 is -1.68. The van der Waals surface area contributed by atoms with Gasteiger partial charge < -0.3 is 0 Å². The Labute approximate surface area is 133 Å². The molecule has 0 spiro atoms. The molecule has 0 heterocycles.